The number of carbonyl (C=O) groups is 1. The normalized spacial score (nSPS) is 14.5. The third kappa shape index (κ3) is 2.15. The zero-order valence-electron chi connectivity index (χ0n) is 11.5. The Labute approximate surface area is 130 Å². The second-order valence-electron chi connectivity index (χ2n) is 4.89. The van der Waals surface area contributed by atoms with Gasteiger partial charge < -0.3 is 10.5 Å². The fraction of sp³-hybridized carbons (Fsp3) is 0.133. The number of nitrogen functional groups attached to an aromatic ring is 1. The first-order valence-corrected chi connectivity index (χ1v) is 7.60. The molecule has 0 saturated carbocycles. The topological polar surface area (TPSA) is 81.3 Å². The van der Waals surface area contributed by atoms with Gasteiger partial charge in [-0.25, -0.2) is 14.8 Å². The molecule has 1 aromatic carbocycles. The number of cyclic esters (lactones) is 1. The third-order valence-electron chi connectivity index (χ3n) is 3.51. The SMILES string of the molecule is Nc1nc2ccc(-c3ccc(N4CCOC4=O)cc3)nc2s1. The van der Waals surface area contributed by atoms with Crippen LogP contribution in [-0.4, -0.2) is 29.2 Å². The molecular formula is C15H12N4O2S. The van der Waals surface area contributed by atoms with Gasteiger partial charge in [0.2, 0.25) is 0 Å². The molecule has 1 aliphatic rings. The maximum absolute atomic E-state index is 11.6. The standard InChI is InChI=1S/C15H12N4O2S/c16-14-18-12-6-5-11(17-13(12)22-14)9-1-3-10(4-2-9)19-7-8-21-15(19)20/h1-6H,7-8H2,(H2,16,18). The molecule has 0 spiro atoms. The minimum Gasteiger partial charge on any atom is -0.447 e. The molecule has 2 N–H and O–H groups in total. The Morgan fingerprint density at radius 3 is 2.68 bits per heavy atom. The Kier molecular flexibility index (Phi) is 2.93. The van der Waals surface area contributed by atoms with Crippen LogP contribution < -0.4 is 10.6 Å². The van der Waals surface area contributed by atoms with Crippen molar-refractivity contribution < 1.29 is 9.53 Å². The van der Waals surface area contributed by atoms with Crippen LogP contribution in [0.3, 0.4) is 0 Å². The number of anilines is 2. The van der Waals surface area contributed by atoms with Crippen molar-refractivity contribution in [1.82, 2.24) is 9.97 Å². The van der Waals surface area contributed by atoms with Gasteiger partial charge in [-0.3, -0.25) is 4.90 Å². The molecule has 6 nitrogen and oxygen atoms in total. The molecule has 0 radical (unpaired) electrons. The molecule has 7 heteroatoms. The summed E-state index contributed by atoms with van der Waals surface area (Å²) >= 11 is 1.37. The van der Waals surface area contributed by atoms with E-state index in [1.54, 1.807) is 4.90 Å². The lowest BCUT2D eigenvalue weighted by molar-refractivity contribution is 0.181. The fourth-order valence-electron chi connectivity index (χ4n) is 2.43. The summed E-state index contributed by atoms with van der Waals surface area (Å²) in [6.45, 7) is 1.02. The van der Waals surface area contributed by atoms with Crippen LogP contribution in [0.2, 0.25) is 0 Å². The Morgan fingerprint density at radius 2 is 1.95 bits per heavy atom. The lowest BCUT2D eigenvalue weighted by atomic mass is 10.1. The van der Waals surface area contributed by atoms with Gasteiger partial charge in [0, 0.05) is 11.3 Å². The molecule has 3 aromatic rings. The summed E-state index contributed by atoms with van der Waals surface area (Å²) in [5.41, 5.74) is 9.17. The maximum atomic E-state index is 11.6. The van der Waals surface area contributed by atoms with Crippen molar-refractivity contribution in [2.75, 3.05) is 23.8 Å². The summed E-state index contributed by atoms with van der Waals surface area (Å²) in [5.74, 6) is 0. The number of hydrogen-bond donors (Lipinski definition) is 1. The number of fused-ring (bicyclic) bond motifs is 1. The summed E-state index contributed by atoms with van der Waals surface area (Å²) in [5, 5.41) is 0.516. The van der Waals surface area contributed by atoms with Gasteiger partial charge in [0.05, 0.1) is 12.2 Å². The monoisotopic (exact) mass is 312 g/mol. The van der Waals surface area contributed by atoms with Gasteiger partial charge in [0.15, 0.2) is 5.13 Å². The highest BCUT2D eigenvalue weighted by Crippen LogP contribution is 2.27. The first-order chi connectivity index (χ1) is 10.7. The molecule has 0 unspecified atom stereocenters. The summed E-state index contributed by atoms with van der Waals surface area (Å²) in [7, 11) is 0. The van der Waals surface area contributed by atoms with Crippen LogP contribution in [0, 0.1) is 0 Å². The average molecular weight is 312 g/mol. The Balaban J connectivity index is 1.67. The number of amides is 1. The lowest BCUT2D eigenvalue weighted by Crippen LogP contribution is -2.23. The summed E-state index contributed by atoms with van der Waals surface area (Å²) in [6.07, 6.45) is -0.299. The second kappa shape index (κ2) is 4.96. The molecule has 0 aliphatic carbocycles. The molecule has 1 fully saturated rings. The predicted octanol–water partition coefficient (Wildman–Crippen LogP) is 2.90. The van der Waals surface area contributed by atoms with E-state index in [9.17, 15) is 4.79 Å². The van der Waals surface area contributed by atoms with Crippen molar-refractivity contribution >= 4 is 38.6 Å². The number of aromatic nitrogens is 2. The minimum absolute atomic E-state index is 0.299. The van der Waals surface area contributed by atoms with Crippen LogP contribution in [0.4, 0.5) is 15.6 Å². The van der Waals surface area contributed by atoms with Crippen LogP contribution in [0.1, 0.15) is 0 Å². The first-order valence-electron chi connectivity index (χ1n) is 6.78. The zero-order chi connectivity index (χ0) is 15.1. The summed E-state index contributed by atoms with van der Waals surface area (Å²) in [4.78, 5) is 22.8. The van der Waals surface area contributed by atoms with E-state index in [4.69, 9.17) is 10.5 Å². The minimum atomic E-state index is -0.299. The number of pyridine rings is 1. The molecule has 1 saturated heterocycles. The molecule has 0 bridgehead atoms. The number of thiazole rings is 1. The van der Waals surface area contributed by atoms with Crippen molar-refractivity contribution in [3.63, 3.8) is 0 Å². The highest BCUT2D eigenvalue weighted by Gasteiger charge is 2.23. The molecule has 1 aliphatic heterocycles. The third-order valence-corrected chi connectivity index (χ3v) is 4.30. The van der Waals surface area contributed by atoms with Crippen LogP contribution in [-0.2, 0) is 4.74 Å². The van der Waals surface area contributed by atoms with Gasteiger partial charge in [-0.2, -0.15) is 0 Å². The van der Waals surface area contributed by atoms with E-state index in [2.05, 4.69) is 9.97 Å². The lowest BCUT2D eigenvalue weighted by Gasteiger charge is -2.12. The van der Waals surface area contributed by atoms with Crippen LogP contribution in [0.5, 0.6) is 0 Å². The van der Waals surface area contributed by atoms with Crippen molar-refractivity contribution in [1.29, 1.82) is 0 Å². The Hall–Kier alpha value is -2.67. The molecule has 1 amide bonds. The fourth-order valence-corrected chi connectivity index (χ4v) is 3.14. The number of rotatable bonds is 2. The molecule has 0 atom stereocenters. The number of hydrogen-bond acceptors (Lipinski definition) is 6. The van der Waals surface area contributed by atoms with E-state index in [-0.39, 0.29) is 6.09 Å². The van der Waals surface area contributed by atoms with Crippen molar-refractivity contribution in [2.45, 2.75) is 0 Å². The smallest absolute Gasteiger partial charge is 0.414 e. The average Bonchev–Trinajstić information content (AvgIpc) is 3.11. The Morgan fingerprint density at radius 1 is 1.14 bits per heavy atom. The van der Waals surface area contributed by atoms with Crippen molar-refractivity contribution in [3.8, 4) is 11.3 Å². The maximum Gasteiger partial charge on any atom is 0.414 e. The molecule has 22 heavy (non-hydrogen) atoms. The number of ether oxygens (including phenoxy) is 1. The van der Waals surface area contributed by atoms with Gasteiger partial charge in [0.25, 0.3) is 0 Å². The van der Waals surface area contributed by atoms with Crippen LogP contribution in [0.15, 0.2) is 36.4 Å². The van der Waals surface area contributed by atoms with Crippen molar-refractivity contribution in [2.24, 2.45) is 0 Å². The summed E-state index contributed by atoms with van der Waals surface area (Å²) in [6, 6.07) is 11.5. The van der Waals surface area contributed by atoms with Crippen LogP contribution >= 0.6 is 11.3 Å². The van der Waals surface area contributed by atoms with E-state index in [1.165, 1.54) is 11.3 Å². The number of carbonyl (C=O) groups excluding carboxylic acids is 1. The van der Waals surface area contributed by atoms with Crippen molar-refractivity contribution in [3.05, 3.63) is 36.4 Å². The van der Waals surface area contributed by atoms with E-state index in [0.29, 0.717) is 18.3 Å². The molecular weight excluding hydrogens is 300 g/mol. The Bertz CT molecular complexity index is 860. The first kappa shape index (κ1) is 13.0. The molecule has 110 valence electrons. The van der Waals surface area contributed by atoms with Gasteiger partial charge in [-0.1, -0.05) is 23.5 Å². The number of nitrogens with two attached hydrogens (primary N) is 1. The molecule has 4 rings (SSSR count). The van der Waals surface area contributed by atoms with E-state index in [0.717, 1.165) is 27.3 Å². The molecule has 3 heterocycles. The van der Waals surface area contributed by atoms with E-state index in [1.807, 2.05) is 36.4 Å². The highest BCUT2D eigenvalue weighted by molar-refractivity contribution is 7.21. The summed E-state index contributed by atoms with van der Waals surface area (Å²) < 4.78 is 4.94. The number of benzene rings is 1. The number of nitrogens with zero attached hydrogens (tertiary/aromatic N) is 3. The van der Waals surface area contributed by atoms with Crippen LogP contribution in [0.25, 0.3) is 21.6 Å². The van der Waals surface area contributed by atoms with Gasteiger partial charge in [-0.15, -0.1) is 0 Å². The predicted molar refractivity (Wildman–Crippen MR) is 86.0 cm³/mol. The van der Waals surface area contributed by atoms with Gasteiger partial charge >= 0.3 is 6.09 Å². The van der Waals surface area contributed by atoms with E-state index >= 15 is 0 Å². The quantitative estimate of drug-likeness (QED) is 0.787. The van der Waals surface area contributed by atoms with E-state index < -0.39 is 0 Å². The molecule has 2 aromatic heterocycles. The highest BCUT2D eigenvalue weighted by atomic mass is 32.1. The van der Waals surface area contributed by atoms with Gasteiger partial charge in [-0.05, 0) is 24.3 Å². The second-order valence-corrected chi connectivity index (χ2v) is 5.89. The van der Waals surface area contributed by atoms with Gasteiger partial charge in [0.1, 0.15) is 17.0 Å². The zero-order valence-corrected chi connectivity index (χ0v) is 12.3. The largest absolute Gasteiger partial charge is 0.447 e.